The molecule has 10 heteroatoms. The second kappa shape index (κ2) is 12.0. The van der Waals surface area contributed by atoms with Crippen LogP contribution in [0.4, 0.5) is 5.69 Å². The standard InChI is InChI=1S/C29H33N3O7/c1-4-32(5-2)20-9-8-17-12-19(7-6-18(17)13-20)23-11-10-22(38-23)16(3)21(14-30)28(36)31-15-24-25(33)26(34)27(35)29(37)39-24/h6-13,24-27,29,33-35,37H,4-5,15H2,1-3H3,(H,31,36)/b21-16+/t24-,25-,26+,27-,29?/m1/s1. The summed E-state index contributed by atoms with van der Waals surface area (Å²) in [6.45, 7) is 7.39. The highest BCUT2D eigenvalue weighted by atomic mass is 16.6. The molecule has 0 saturated carbocycles. The number of benzene rings is 2. The van der Waals surface area contributed by atoms with Crippen LogP contribution in [0, 0.1) is 11.3 Å². The van der Waals surface area contributed by atoms with E-state index in [1.54, 1.807) is 19.1 Å². The number of aliphatic hydroxyl groups is 4. The van der Waals surface area contributed by atoms with Crippen LogP contribution in [0.25, 0.3) is 27.7 Å². The lowest BCUT2D eigenvalue weighted by atomic mass is 9.99. The van der Waals surface area contributed by atoms with Gasteiger partial charge in [0.25, 0.3) is 5.91 Å². The molecule has 1 aliphatic heterocycles. The smallest absolute Gasteiger partial charge is 0.262 e. The van der Waals surface area contributed by atoms with Crippen molar-refractivity contribution >= 4 is 27.9 Å². The zero-order valence-corrected chi connectivity index (χ0v) is 22.0. The normalized spacial score (nSPS) is 23.7. The van der Waals surface area contributed by atoms with Gasteiger partial charge in [-0.1, -0.05) is 18.2 Å². The molecule has 3 aromatic rings. The first-order chi connectivity index (χ1) is 18.7. The molecule has 4 rings (SSSR count). The molecule has 39 heavy (non-hydrogen) atoms. The van der Waals surface area contributed by atoms with Gasteiger partial charge in [0.1, 0.15) is 47.6 Å². The van der Waals surface area contributed by atoms with Crippen LogP contribution in [0.1, 0.15) is 26.5 Å². The number of nitriles is 1. The predicted octanol–water partition coefficient (Wildman–Crippen LogP) is 2.16. The maximum atomic E-state index is 12.8. The van der Waals surface area contributed by atoms with Crippen molar-refractivity contribution in [3.05, 3.63) is 59.9 Å². The van der Waals surface area contributed by atoms with Gasteiger partial charge in [-0.25, -0.2) is 0 Å². The summed E-state index contributed by atoms with van der Waals surface area (Å²) in [4.78, 5) is 15.0. The molecule has 1 aliphatic rings. The van der Waals surface area contributed by atoms with Crippen LogP contribution in [0.5, 0.6) is 0 Å². The van der Waals surface area contributed by atoms with Crippen LogP contribution in [0.15, 0.2) is 58.5 Å². The van der Waals surface area contributed by atoms with E-state index < -0.39 is 36.6 Å². The average Bonchev–Trinajstić information content (AvgIpc) is 3.44. The van der Waals surface area contributed by atoms with Gasteiger partial charge >= 0.3 is 0 Å². The van der Waals surface area contributed by atoms with E-state index in [-0.39, 0.29) is 12.1 Å². The molecule has 1 unspecified atom stereocenters. The van der Waals surface area contributed by atoms with Crippen molar-refractivity contribution in [2.45, 2.75) is 51.5 Å². The molecule has 0 spiro atoms. The number of aliphatic hydroxyl groups excluding tert-OH is 4. The molecule has 5 atom stereocenters. The number of nitrogens with one attached hydrogen (secondary N) is 1. The second-order valence-corrected chi connectivity index (χ2v) is 9.44. The Balaban J connectivity index is 1.50. The predicted molar refractivity (Wildman–Crippen MR) is 145 cm³/mol. The SMILES string of the molecule is CCN(CC)c1ccc2cc(-c3ccc(/C(C)=C(\C#N)C(=O)NC[C@H]4OC(O)[C@H](O)[C@@H](O)[C@@H]4O)o3)ccc2c1. The largest absolute Gasteiger partial charge is 0.456 e. The van der Waals surface area contributed by atoms with Crippen LogP contribution in [-0.4, -0.2) is 76.7 Å². The highest BCUT2D eigenvalue weighted by Gasteiger charge is 2.43. The van der Waals surface area contributed by atoms with Gasteiger partial charge in [-0.2, -0.15) is 5.26 Å². The number of furan rings is 1. The fourth-order valence-corrected chi connectivity index (χ4v) is 4.68. The fourth-order valence-electron chi connectivity index (χ4n) is 4.68. The summed E-state index contributed by atoms with van der Waals surface area (Å²) in [7, 11) is 0. The van der Waals surface area contributed by atoms with Crippen molar-refractivity contribution in [2.24, 2.45) is 0 Å². The third kappa shape index (κ3) is 5.83. The number of fused-ring (bicyclic) bond motifs is 1. The Labute approximate surface area is 226 Å². The van der Waals surface area contributed by atoms with Gasteiger partial charge in [-0.3, -0.25) is 4.79 Å². The van der Waals surface area contributed by atoms with Crippen molar-refractivity contribution in [1.29, 1.82) is 5.26 Å². The van der Waals surface area contributed by atoms with E-state index in [1.165, 1.54) is 0 Å². The van der Waals surface area contributed by atoms with Crippen LogP contribution in [0.3, 0.4) is 0 Å². The molecular formula is C29H33N3O7. The molecule has 5 N–H and O–H groups in total. The Morgan fingerprint density at radius 3 is 2.36 bits per heavy atom. The Kier molecular flexibility index (Phi) is 8.70. The number of anilines is 1. The first kappa shape index (κ1) is 28.3. The minimum Gasteiger partial charge on any atom is -0.456 e. The molecule has 1 fully saturated rings. The minimum absolute atomic E-state index is 0.204. The molecule has 1 amide bonds. The number of amides is 1. The summed E-state index contributed by atoms with van der Waals surface area (Å²) >= 11 is 0. The van der Waals surface area contributed by atoms with E-state index in [2.05, 4.69) is 42.3 Å². The lowest BCUT2D eigenvalue weighted by Gasteiger charge is -2.38. The maximum Gasteiger partial charge on any atom is 0.262 e. The van der Waals surface area contributed by atoms with Gasteiger partial charge in [0.15, 0.2) is 6.29 Å². The van der Waals surface area contributed by atoms with Gasteiger partial charge in [0.2, 0.25) is 0 Å². The van der Waals surface area contributed by atoms with Crippen LogP contribution < -0.4 is 10.2 Å². The van der Waals surface area contributed by atoms with E-state index in [0.717, 1.165) is 35.1 Å². The molecule has 1 aromatic heterocycles. The van der Waals surface area contributed by atoms with Crippen molar-refractivity contribution in [3.8, 4) is 17.4 Å². The van der Waals surface area contributed by atoms with Gasteiger partial charge in [-0.05, 0) is 61.9 Å². The number of carbonyl (C=O) groups is 1. The monoisotopic (exact) mass is 535 g/mol. The number of nitrogens with zero attached hydrogens (tertiary/aromatic N) is 2. The van der Waals surface area contributed by atoms with Gasteiger partial charge < -0.3 is 39.8 Å². The quantitative estimate of drug-likeness (QED) is 0.215. The van der Waals surface area contributed by atoms with Gasteiger partial charge in [0.05, 0.1) is 0 Å². The second-order valence-electron chi connectivity index (χ2n) is 9.44. The van der Waals surface area contributed by atoms with Crippen molar-refractivity contribution in [2.75, 3.05) is 24.5 Å². The third-order valence-electron chi connectivity index (χ3n) is 7.08. The molecule has 2 heterocycles. The van der Waals surface area contributed by atoms with Crippen molar-refractivity contribution < 1.29 is 34.4 Å². The Bertz CT molecular complexity index is 1410. The topological polar surface area (TPSA) is 159 Å². The first-order valence-electron chi connectivity index (χ1n) is 12.8. The first-order valence-corrected chi connectivity index (χ1v) is 12.8. The molecule has 10 nitrogen and oxygen atoms in total. The lowest BCUT2D eigenvalue weighted by molar-refractivity contribution is -0.280. The molecular weight excluding hydrogens is 502 g/mol. The van der Waals surface area contributed by atoms with E-state index in [0.29, 0.717) is 17.1 Å². The minimum atomic E-state index is -1.72. The molecule has 206 valence electrons. The Morgan fingerprint density at radius 1 is 0.974 bits per heavy atom. The van der Waals surface area contributed by atoms with E-state index in [4.69, 9.17) is 9.15 Å². The fraction of sp³-hybridized carbons (Fsp3) is 0.379. The summed E-state index contributed by atoms with van der Waals surface area (Å²) in [6, 6.07) is 17.7. The maximum absolute atomic E-state index is 12.8. The van der Waals surface area contributed by atoms with Gasteiger partial charge in [-0.15, -0.1) is 0 Å². The Hall–Kier alpha value is -3.72. The molecule has 2 aromatic carbocycles. The summed E-state index contributed by atoms with van der Waals surface area (Å²) in [5.41, 5.74) is 2.12. The summed E-state index contributed by atoms with van der Waals surface area (Å²) in [5, 5.41) is 53.4. The van der Waals surface area contributed by atoms with Crippen LogP contribution in [-0.2, 0) is 9.53 Å². The molecule has 0 aliphatic carbocycles. The number of hydrogen-bond donors (Lipinski definition) is 5. The van der Waals surface area contributed by atoms with E-state index >= 15 is 0 Å². The van der Waals surface area contributed by atoms with Crippen LogP contribution in [0.2, 0.25) is 0 Å². The highest BCUT2D eigenvalue weighted by molar-refractivity contribution is 6.04. The summed E-state index contributed by atoms with van der Waals surface area (Å²) in [6.07, 6.45) is -7.78. The number of carbonyl (C=O) groups excluding carboxylic acids is 1. The zero-order valence-electron chi connectivity index (χ0n) is 22.0. The third-order valence-corrected chi connectivity index (χ3v) is 7.08. The van der Waals surface area contributed by atoms with Crippen molar-refractivity contribution in [1.82, 2.24) is 5.32 Å². The highest BCUT2D eigenvalue weighted by Crippen LogP contribution is 2.31. The van der Waals surface area contributed by atoms with Gasteiger partial charge in [0, 0.05) is 36.5 Å². The molecule has 1 saturated heterocycles. The number of hydrogen-bond acceptors (Lipinski definition) is 9. The average molecular weight is 536 g/mol. The van der Waals surface area contributed by atoms with Crippen molar-refractivity contribution in [3.63, 3.8) is 0 Å². The molecule has 0 radical (unpaired) electrons. The summed E-state index contributed by atoms with van der Waals surface area (Å²) in [5.74, 6) is 0.183. The van der Waals surface area contributed by atoms with E-state index in [1.807, 2.05) is 24.3 Å². The number of allylic oxidation sites excluding steroid dienone is 1. The lowest BCUT2D eigenvalue weighted by Crippen LogP contribution is -2.60. The Morgan fingerprint density at radius 2 is 1.67 bits per heavy atom. The summed E-state index contributed by atoms with van der Waals surface area (Å²) < 4.78 is 11.1. The van der Waals surface area contributed by atoms with E-state index in [9.17, 15) is 30.5 Å². The number of ether oxygens (including phenoxy) is 1. The van der Waals surface area contributed by atoms with Crippen LogP contribution >= 0.6 is 0 Å². The number of rotatable bonds is 8. The zero-order chi connectivity index (χ0) is 28.3. The molecule has 0 bridgehead atoms.